The monoisotopic (exact) mass is 391 g/mol. The number of methoxy groups -OCH3 is 3. The van der Waals surface area contributed by atoms with Crippen LogP contribution >= 0.6 is 0 Å². The molecule has 2 aromatic rings. The predicted octanol–water partition coefficient (Wildman–Crippen LogP) is 2.56. The number of esters is 1. The van der Waals surface area contributed by atoms with Gasteiger partial charge in [-0.05, 0) is 25.1 Å². The third-order valence-corrected chi connectivity index (χ3v) is 3.81. The quantitative estimate of drug-likeness (QED) is 0.390. The Balaban J connectivity index is 2.21. The Morgan fingerprint density at radius 2 is 1.96 bits per heavy atom. The molecule has 2 rings (SSSR count). The van der Waals surface area contributed by atoms with E-state index in [1.807, 2.05) is 6.07 Å². The Hall–Kier alpha value is -3.56. The van der Waals surface area contributed by atoms with Crippen LogP contribution in [-0.2, 0) is 16.1 Å². The second kappa shape index (κ2) is 9.40. The molecule has 0 aliphatic rings. The van der Waals surface area contributed by atoms with Crippen molar-refractivity contribution in [1.29, 1.82) is 0 Å². The molecule has 0 aliphatic heterocycles. The first kappa shape index (κ1) is 20.7. The molecule has 150 valence electrons. The molecule has 1 aromatic heterocycles. The van der Waals surface area contributed by atoms with Crippen LogP contribution in [0, 0.1) is 10.1 Å². The average Bonchev–Trinajstić information content (AvgIpc) is 2.71. The number of nitrogens with one attached hydrogen (secondary N) is 1. The molecule has 0 aliphatic carbocycles. The number of ether oxygens (including phenoxy) is 4. The molecule has 1 aromatic carbocycles. The number of carbonyl (C=O) groups excluding carboxylic acids is 1. The van der Waals surface area contributed by atoms with E-state index in [0.29, 0.717) is 23.9 Å². The van der Waals surface area contributed by atoms with Crippen molar-refractivity contribution in [1.82, 2.24) is 4.98 Å². The number of hydrogen-bond donors (Lipinski definition) is 1. The lowest BCUT2D eigenvalue weighted by molar-refractivity contribution is -0.386. The van der Waals surface area contributed by atoms with Gasteiger partial charge in [0.2, 0.25) is 0 Å². The maximum absolute atomic E-state index is 11.5. The zero-order valence-electron chi connectivity index (χ0n) is 15.9. The molecule has 1 heterocycles. The summed E-state index contributed by atoms with van der Waals surface area (Å²) in [7, 11) is 4.30. The van der Waals surface area contributed by atoms with E-state index in [1.165, 1.54) is 26.2 Å². The van der Waals surface area contributed by atoms with Gasteiger partial charge in [0.25, 0.3) is 5.88 Å². The van der Waals surface area contributed by atoms with Crippen LogP contribution in [0.15, 0.2) is 30.3 Å². The van der Waals surface area contributed by atoms with E-state index in [-0.39, 0.29) is 11.6 Å². The molecule has 0 radical (unpaired) electrons. The van der Waals surface area contributed by atoms with Crippen LogP contribution in [0.1, 0.15) is 12.5 Å². The number of hydrogen-bond acceptors (Lipinski definition) is 9. The van der Waals surface area contributed by atoms with Gasteiger partial charge in [-0.3, -0.25) is 10.1 Å². The maximum atomic E-state index is 11.5. The molecular weight excluding hydrogens is 370 g/mol. The van der Waals surface area contributed by atoms with E-state index in [1.54, 1.807) is 26.4 Å². The summed E-state index contributed by atoms with van der Waals surface area (Å²) < 4.78 is 20.4. The number of rotatable bonds is 9. The van der Waals surface area contributed by atoms with Crippen molar-refractivity contribution < 1.29 is 28.7 Å². The van der Waals surface area contributed by atoms with E-state index in [9.17, 15) is 14.9 Å². The molecule has 10 nitrogen and oxygen atoms in total. The van der Waals surface area contributed by atoms with Gasteiger partial charge in [0.05, 0.1) is 26.3 Å². The summed E-state index contributed by atoms with van der Waals surface area (Å²) in [5.41, 5.74) is 0.470. The predicted molar refractivity (Wildman–Crippen MR) is 99.9 cm³/mol. The lowest BCUT2D eigenvalue weighted by Crippen LogP contribution is -2.25. The average molecular weight is 391 g/mol. The standard InChI is InChI=1S/C18H21N3O7/c1-11(18(22)27-4)28-17-14(21(23)24)7-8-16(20-17)19-10-12-5-6-13(25-2)9-15(12)26-3/h5-9,11H,10H2,1-4H3,(H,19,20). The lowest BCUT2D eigenvalue weighted by atomic mass is 10.2. The summed E-state index contributed by atoms with van der Waals surface area (Å²) in [4.78, 5) is 26.2. The molecule has 0 spiro atoms. The summed E-state index contributed by atoms with van der Waals surface area (Å²) in [6.07, 6.45) is -1.05. The molecule has 0 saturated heterocycles. The van der Waals surface area contributed by atoms with Crippen molar-refractivity contribution in [2.75, 3.05) is 26.6 Å². The minimum atomic E-state index is -1.05. The summed E-state index contributed by atoms with van der Waals surface area (Å²) in [6.45, 7) is 1.75. The van der Waals surface area contributed by atoms with Gasteiger partial charge in [-0.15, -0.1) is 0 Å². The number of carbonyl (C=O) groups is 1. The first-order chi connectivity index (χ1) is 13.4. The van der Waals surface area contributed by atoms with Crippen molar-refractivity contribution in [3.63, 3.8) is 0 Å². The molecule has 10 heteroatoms. The molecule has 1 atom stereocenters. The summed E-state index contributed by atoms with van der Waals surface area (Å²) in [5, 5.41) is 14.2. The number of pyridine rings is 1. The highest BCUT2D eigenvalue weighted by atomic mass is 16.6. The van der Waals surface area contributed by atoms with Gasteiger partial charge in [0, 0.05) is 24.2 Å². The van der Waals surface area contributed by atoms with Gasteiger partial charge in [-0.1, -0.05) is 0 Å². The Kier molecular flexibility index (Phi) is 6.96. The van der Waals surface area contributed by atoms with Crippen LogP contribution < -0.4 is 19.5 Å². The number of nitro groups is 1. The van der Waals surface area contributed by atoms with Crippen LogP contribution in [-0.4, -0.2) is 43.3 Å². The zero-order valence-corrected chi connectivity index (χ0v) is 15.9. The van der Waals surface area contributed by atoms with Crippen LogP contribution in [0.3, 0.4) is 0 Å². The Labute approximate surface area is 161 Å². The fraction of sp³-hybridized carbons (Fsp3) is 0.333. The molecule has 0 amide bonds. The Morgan fingerprint density at radius 1 is 1.21 bits per heavy atom. The third kappa shape index (κ3) is 5.00. The highest BCUT2D eigenvalue weighted by Crippen LogP contribution is 2.29. The van der Waals surface area contributed by atoms with Gasteiger partial charge in [0.15, 0.2) is 6.10 Å². The first-order valence-corrected chi connectivity index (χ1v) is 8.24. The fourth-order valence-corrected chi connectivity index (χ4v) is 2.32. The first-order valence-electron chi connectivity index (χ1n) is 8.24. The minimum Gasteiger partial charge on any atom is -0.497 e. The summed E-state index contributed by atoms with van der Waals surface area (Å²) >= 11 is 0. The van der Waals surface area contributed by atoms with E-state index in [2.05, 4.69) is 15.0 Å². The summed E-state index contributed by atoms with van der Waals surface area (Å²) in [5.74, 6) is 0.647. The Morgan fingerprint density at radius 3 is 2.57 bits per heavy atom. The Bertz CT molecular complexity index is 857. The highest BCUT2D eigenvalue weighted by Gasteiger charge is 2.23. The zero-order chi connectivity index (χ0) is 20.7. The lowest BCUT2D eigenvalue weighted by Gasteiger charge is -2.14. The number of nitrogens with zero attached hydrogens (tertiary/aromatic N) is 2. The summed E-state index contributed by atoms with van der Waals surface area (Å²) in [6, 6.07) is 8.05. The topological polar surface area (TPSA) is 122 Å². The van der Waals surface area contributed by atoms with Gasteiger partial charge >= 0.3 is 11.7 Å². The van der Waals surface area contributed by atoms with Crippen LogP contribution in [0.25, 0.3) is 0 Å². The second-order valence-corrected chi connectivity index (χ2v) is 5.59. The minimum absolute atomic E-state index is 0.283. The fourth-order valence-electron chi connectivity index (χ4n) is 2.32. The van der Waals surface area contributed by atoms with E-state index in [0.717, 1.165) is 5.56 Å². The molecular formula is C18H21N3O7. The van der Waals surface area contributed by atoms with Crippen LogP contribution in [0.2, 0.25) is 0 Å². The molecule has 0 saturated carbocycles. The third-order valence-electron chi connectivity index (χ3n) is 3.81. The molecule has 0 fully saturated rings. The van der Waals surface area contributed by atoms with Gasteiger partial charge in [-0.2, -0.15) is 4.98 Å². The molecule has 1 unspecified atom stereocenters. The SMILES string of the molecule is COC(=O)C(C)Oc1nc(NCc2ccc(OC)cc2OC)ccc1[N+](=O)[O-]. The van der Waals surface area contributed by atoms with Crippen LogP contribution in [0.4, 0.5) is 11.5 Å². The van der Waals surface area contributed by atoms with Crippen molar-refractivity contribution in [3.05, 3.63) is 46.0 Å². The molecule has 1 N–H and O–H groups in total. The normalized spacial score (nSPS) is 11.3. The second-order valence-electron chi connectivity index (χ2n) is 5.59. The van der Waals surface area contributed by atoms with E-state index < -0.39 is 17.0 Å². The van der Waals surface area contributed by atoms with Crippen molar-refractivity contribution in [2.24, 2.45) is 0 Å². The van der Waals surface area contributed by atoms with E-state index >= 15 is 0 Å². The van der Waals surface area contributed by atoms with Crippen molar-refractivity contribution >= 4 is 17.5 Å². The van der Waals surface area contributed by atoms with Gasteiger partial charge in [-0.25, -0.2) is 4.79 Å². The van der Waals surface area contributed by atoms with Crippen molar-refractivity contribution in [2.45, 2.75) is 19.6 Å². The maximum Gasteiger partial charge on any atom is 0.346 e. The van der Waals surface area contributed by atoms with E-state index in [4.69, 9.17) is 14.2 Å². The number of aromatic nitrogens is 1. The van der Waals surface area contributed by atoms with Gasteiger partial charge < -0.3 is 24.3 Å². The largest absolute Gasteiger partial charge is 0.497 e. The van der Waals surface area contributed by atoms with Crippen molar-refractivity contribution in [3.8, 4) is 17.4 Å². The highest BCUT2D eigenvalue weighted by molar-refractivity contribution is 5.74. The number of anilines is 1. The smallest absolute Gasteiger partial charge is 0.346 e. The number of benzene rings is 1. The van der Waals surface area contributed by atoms with Gasteiger partial charge in [0.1, 0.15) is 17.3 Å². The van der Waals surface area contributed by atoms with Crippen LogP contribution in [0.5, 0.6) is 17.4 Å². The molecule has 0 bridgehead atoms. The molecule has 28 heavy (non-hydrogen) atoms.